The summed E-state index contributed by atoms with van der Waals surface area (Å²) in [6, 6.07) is 62.0. The van der Waals surface area contributed by atoms with Gasteiger partial charge >= 0.3 is 0 Å². The molecule has 6 aromatic heterocycles. The number of aromatic nitrogens is 6. The van der Waals surface area contributed by atoms with Gasteiger partial charge in [0.2, 0.25) is 0 Å². The third-order valence-electron chi connectivity index (χ3n) is 10.8. The molecule has 0 aliphatic heterocycles. The fourth-order valence-electron chi connectivity index (χ4n) is 8.15. The smallest absolute Gasteiger partial charge is 0.138 e. The summed E-state index contributed by atoms with van der Waals surface area (Å²) < 4.78 is 0. The van der Waals surface area contributed by atoms with Gasteiger partial charge in [-0.05, 0) is 119 Å². The Morgan fingerprint density at radius 3 is 1.05 bits per heavy atom. The lowest BCUT2D eigenvalue weighted by Gasteiger charge is -2.26. The van der Waals surface area contributed by atoms with Gasteiger partial charge in [-0.15, -0.1) is 0 Å². The van der Waals surface area contributed by atoms with Crippen molar-refractivity contribution in [3.8, 4) is 22.5 Å². The third kappa shape index (κ3) is 6.20. The highest BCUT2D eigenvalue weighted by atomic mass is 15.2. The predicted molar refractivity (Wildman–Crippen MR) is 243 cm³/mol. The highest BCUT2D eigenvalue weighted by molar-refractivity contribution is 6.22. The van der Waals surface area contributed by atoms with Gasteiger partial charge in [0.25, 0.3) is 0 Å². The molecule has 0 spiro atoms. The summed E-state index contributed by atoms with van der Waals surface area (Å²) in [6.07, 6.45) is 7.24. The van der Waals surface area contributed by atoms with E-state index >= 15 is 0 Å². The average Bonchev–Trinajstić information content (AvgIpc) is 3.32. The number of hydrogen-bond donors (Lipinski definition) is 0. The number of fused-ring (bicyclic) bond motifs is 4. The van der Waals surface area contributed by atoms with Gasteiger partial charge in [-0.1, -0.05) is 84.9 Å². The molecule has 60 heavy (non-hydrogen) atoms. The maximum atomic E-state index is 5.38. The normalized spacial score (nSPS) is 11.3. The summed E-state index contributed by atoms with van der Waals surface area (Å²) >= 11 is 0. The predicted octanol–water partition coefficient (Wildman–Crippen LogP) is 12.9. The van der Waals surface area contributed by atoms with E-state index < -0.39 is 0 Å². The highest BCUT2D eigenvalue weighted by Gasteiger charge is 2.24. The van der Waals surface area contributed by atoms with Crippen LogP contribution in [0.25, 0.3) is 65.9 Å². The number of nitrogens with zero attached hydrogens (tertiary/aromatic N) is 8. The Bertz CT molecular complexity index is 3100. The van der Waals surface area contributed by atoms with Crippen molar-refractivity contribution in [2.45, 2.75) is 0 Å². The van der Waals surface area contributed by atoms with Crippen LogP contribution in [0.2, 0.25) is 0 Å². The summed E-state index contributed by atoms with van der Waals surface area (Å²) in [6.45, 7) is 0. The minimum absolute atomic E-state index is 0.752. The fourth-order valence-corrected chi connectivity index (χ4v) is 8.15. The largest absolute Gasteiger partial charge is 0.279 e. The van der Waals surface area contributed by atoms with Gasteiger partial charge in [-0.3, -0.25) is 9.80 Å². The van der Waals surface area contributed by atoms with Crippen molar-refractivity contribution in [1.29, 1.82) is 0 Å². The van der Waals surface area contributed by atoms with Gasteiger partial charge in [0.1, 0.15) is 23.3 Å². The van der Waals surface area contributed by atoms with Gasteiger partial charge in [0, 0.05) is 58.1 Å². The topological polar surface area (TPSA) is 83.8 Å². The summed E-state index contributed by atoms with van der Waals surface area (Å²) in [5.74, 6) is 3.01. The van der Waals surface area contributed by atoms with Crippen molar-refractivity contribution >= 4 is 78.0 Å². The maximum Gasteiger partial charge on any atom is 0.138 e. The van der Waals surface area contributed by atoms with E-state index in [0.717, 1.165) is 101 Å². The SMILES string of the molecule is c1ccc(N(c2ccc3c(-c4ccc5ccccc5n4)c4ccc(N(c5ccccn5)c5ccccn5)cc4c(-c4ccc5ccccc5n4)c3c2)c2ccccn2)nc1. The van der Waals surface area contributed by atoms with E-state index in [9.17, 15) is 0 Å². The lowest BCUT2D eigenvalue weighted by Crippen LogP contribution is -2.13. The third-order valence-corrected chi connectivity index (χ3v) is 10.8. The number of hydrogen-bond acceptors (Lipinski definition) is 8. The standard InChI is InChI=1S/C52H34N8/c1-3-15-43-35(13-1)21-27-45(57-43)51-39-25-23-37(59(47-17-5-9-29-53-47)48-18-6-10-30-54-48)33-41(39)52(46-28-22-36-14-2-4-16-44(36)58-46)42-34-38(24-26-40(42)51)60(49-19-7-11-31-55-49)50-20-8-12-32-56-50/h1-34H. The van der Waals surface area contributed by atoms with E-state index in [0.29, 0.717) is 0 Å². The minimum Gasteiger partial charge on any atom is -0.279 e. The average molecular weight is 771 g/mol. The highest BCUT2D eigenvalue weighted by Crippen LogP contribution is 2.47. The maximum absolute atomic E-state index is 5.38. The fraction of sp³-hybridized carbons (Fsp3) is 0. The zero-order valence-corrected chi connectivity index (χ0v) is 32.2. The Kier molecular flexibility index (Phi) is 8.63. The van der Waals surface area contributed by atoms with Crippen LogP contribution in [-0.2, 0) is 0 Å². The van der Waals surface area contributed by atoms with Crippen molar-refractivity contribution in [3.05, 3.63) is 207 Å². The minimum atomic E-state index is 0.752. The molecule has 5 aromatic carbocycles. The Labute approximate surface area is 345 Å². The molecule has 0 bridgehead atoms. The van der Waals surface area contributed by atoms with Gasteiger partial charge in [0.05, 0.1) is 22.4 Å². The second-order valence-corrected chi connectivity index (χ2v) is 14.4. The molecule has 0 aliphatic carbocycles. The van der Waals surface area contributed by atoms with Crippen LogP contribution in [-0.4, -0.2) is 29.9 Å². The Morgan fingerprint density at radius 2 is 0.667 bits per heavy atom. The monoisotopic (exact) mass is 770 g/mol. The van der Waals surface area contributed by atoms with Crippen molar-refractivity contribution in [1.82, 2.24) is 29.9 Å². The van der Waals surface area contributed by atoms with Crippen molar-refractivity contribution in [2.24, 2.45) is 0 Å². The molecule has 0 amide bonds. The molecule has 0 unspecified atom stereocenters. The Balaban J connectivity index is 1.28. The van der Waals surface area contributed by atoms with Crippen LogP contribution >= 0.6 is 0 Å². The molecule has 6 heterocycles. The number of rotatable bonds is 8. The molecule has 11 rings (SSSR count). The molecule has 0 atom stereocenters. The molecule has 282 valence electrons. The molecule has 0 N–H and O–H groups in total. The zero-order valence-electron chi connectivity index (χ0n) is 32.2. The summed E-state index contributed by atoms with van der Waals surface area (Å²) in [5.41, 5.74) is 7.38. The van der Waals surface area contributed by atoms with E-state index in [4.69, 9.17) is 29.9 Å². The summed E-state index contributed by atoms with van der Waals surface area (Å²) in [4.78, 5) is 34.1. The lowest BCUT2D eigenvalue weighted by molar-refractivity contribution is 1.13. The summed E-state index contributed by atoms with van der Waals surface area (Å²) in [7, 11) is 0. The number of para-hydroxylation sites is 2. The number of pyridine rings is 6. The number of benzene rings is 5. The van der Waals surface area contributed by atoms with Crippen molar-refractivity contribution in [2.75, 3.05) is 9.80 Å². The second kappa shape index (κ2) is 14.9. The second-order valence-electron chi connectivity index (χ2n) is 14.4. The van der Waals surface area contributed by atoms with Crippen LogP contribution in [0.1, 0.15) is 0 Å². The van der Waals surface area contributed by atoms with Crippen LogP contribution < -0.4 is 9.80 Å². The Hall–Kier alpha value is -8.36. The molecular weight excluding hydrogens is 737 g/mol. The van der Waals surface area contributed by atoms with E-state index in [-0.39, 0.29) is 0 Å². The van der Waals surface area contributed by atoms with E-state index in [1.165, 1.54) is 0 Å². The van der Waals surface area contributed by atoms with E-state index in [1.807, 2.05) is 122 Å². The quantitative estimate of drug-likeness (QED) is 0.141. The van der Waals surface area contributed by atoms with E-state index in [2.05, 4.69) is 94.7 Å². The zero-order chi connectivity index (χ0) is 39.8. The molecular formula is C52H34N8. The van der Waals surface area contributed by atoms with Crippen LogP contribution in [0.4, 0.5) is 34.6 Å². The first-order valence-corrected chi connectivity index (χ1v) is 19.8. The molecule has 0 aliphatic rings. The molecule has 11 aromatic rings. The van der Waals surface area contributed by atoms with Crippen LogP contribution in [0.3, 0.4) is 0 Å². The van der Waals surface area contributed by atoms with Crippen LogP contribution in [0.5, 0.6) is 0 Å². The molecule has 0 saturated heterocycles. The van der Waals surface area contributed by atoms with Crippen molar-refractivity contribution in [3.63, 3.8) is 0 Å². The molecule has 0 radical (unpaired) electrons. The first kappa shape index (κ1) is 34.9. The summed E-state index contributed by atoms with van der Waals surface area (Å²) in [5, 5.41) is 6.24. The number of anilines is 6. The molecule has 8 nitrogen and oxygen atoms in total. The van der Waals surface area contributed by atoms with Gasteiger partial charge in [-0.2, -0.15) is 0 Å². The first-order valence-electron chi connectivity index (χ1n) is 19.8. The van der Waals surface area contributed by atoms with Crippen LogP contribution in [0.15, 0.2) is 207 Å². The Morgan fingerprint density at radius 1 is 0.300 bits per heavy atom. The van der Waals surface area contributed by atoms with Crippen LogP contribution in [0, 0.1) is 0 Å². The van der Waals surface area contributed by atoms with Gasteiger partial charge in [-0.25, -0.2) is 29.9 Å². The van der Waals surface area contributed by atoms with Gasteiger partial charge < -0.3 is 0 Å². The first-order chi connectivity index (χ1) is 29.8. The lowest BCUT2D eigenvalue weighted by atomic mass is 9.87. The molecule has 0 saturated carbocycles. The molecule has 8 heteroatoms. The van der Waals surface area contributed by atoms with Crippen molar-refractivity contribution < 1.29 is 0 Å². The van der Waals surface area contributed by atoms with Gasteiger partial charge in [0.15, 0.2) is 0 Å². The molecule has 0 fully saturated rings. The van der Waals surface area contributed by atoms with E-state index in [1.54, 1.807) is 0 Å².